The van der Waals surface area contributed by atoms with Crippen LogP contribution in [0.3, 0.4) is 0 Å². The fourth-order valence-electron chi connectivity index (χ4n) is 4.89. The van der Waals surface area contributed by atoms with E-state index in [4.69, 9.17) is 11.6 Å². The Bertz CT molecular complexity index is 1090. The molecule has 0 bridgehead atoms. The highest BCUT2D eigenvalue weighted by Gasteiger charge is 2.54. The Morgan fingerprint density at radius 1 is 1.19 bits per heavy atom. The fraction of sp³-hybridized carbons (Fsp3) is 0.478. The van der Waals surface area contributed by atoms with Crippen LogP contribution in [-0.4, -0.2) is 49.8 Å². The first-order valence-electron chi connectivity index (χ1n) is 11.1. The first-order valence-corrected chi connectivity index (χ1v) is 11.5. The molecule has 168 valence electrons. The van der Waals surface area contributed by atoms with Crippen LogP contribution >= 0.6 is 11.6 Å². The topological polar surface area (TPSA) is 96.3 Å². The minimum absolute atomic E-state index is 0.00863. The van der Waals surface area contributed by atoms with E-state index in [1.165, 1.54) is 6.33 Å². The summed E-state index contributed by atoms with van der Waals surface area (Å²) in [6, 6.07) is 6.96. The van der Waals surface area contributed by atoms with Gasteiger partial charge in [0.1, 0.15) is 11.2 Å². The summed E-state index contributed by atoms with van der Waals surface area (Å²) in [7, 11) is 0. The second-order valence-corrected chi connectivity index (χ2v) is 9.61. The second-order valence-electron chi connectivity index (χ2n) is 9.17. The number of amides is 3. The van der Waals surface area contributed by atoms with Crippen molar-refractivity contribution in [3.8, 4) is 0 Å². The van der Waals surface area contributed by atoms with E-state index >= 15 is 0 Å². The molecule has 1 atom stereocenters. The van der Waals surface area contributed by atoms with Gasteiger partial charge in [0.05, 0.1) is 12.9 Å². The number of halogens is 1. The third-order valence-corrected chi connectivity index (χ3v) is 6.89. The standard InChI is InChI=1S/C23H26ClN5O3/c1-23(22(32)27-15-6-2-3-7-15)12-28-13-25-18(19(28)21(31)29(23)17-9-10-17)20(30)26-16-8-4-5-14(24)11-16/h4-5,8,11,13,15,17H,2-3,6-7,9-10,12H2,1H3,(H,26,30)(H,27,32)/t23-/m1/s1. The summed E-state index contributed by atoms with van der Waals surface area (Å²) in [6.07, 6.45) is 7.37. The van der Waals surface area contributed by atoms with E-state index in [9.17, 15) is 14.4 Å². The molecule has 0 radical (unpaired) electrons. The minimum atomic E-state index is -1.02. The predicted molar refractivity (Wildman–Crippen MR) is 120 cm³/mol. The maximum Gasteiger partial charge on any atom is 0.276 e. The molecule has 0 spiro atoms. The van der Waals surface area contributed by atoms with Gasteiger partial charge < -0.3 is 20.1 Å². The highest BCUT2D eigenvalue weighted by molar-refractivity contribution is 6.31. The number of aromatic nitrogens is 2. The average Bonchev–Trinajstić information content (AvgIpc) is 3.26. The van der Waals surface area contributed by atoms with Gasteiger partial charge in [0, 0.05) is 22.8 Å². The smallest absolute Gasteiger partial charge is 0.276 e. The van der Waals surface area contributed by atoms with Crippen molar-refractivity contribution in [1.82, 2.24) is 19.8 Å². The molecule has 2 heterocycles. The van der Waals surface area contributed by atoms with Crippen molar-refractivity contribution in [2.75, 3.05) is 5.32 Å². The maximum absolute atomic E-state index is 13.6. The summed E-state index contributed by atoms with van der Waals surface area (Å²) in [5.74, 6) is -0.936. The zero-order valence-corrected chi connectivity index (χ0v) is 18.7. The Labute approximate surface area is 191 Å². The van der Waals surface area contributed by atoms with E-state index in [1.54, 1.807) is 33.7 Å². The quantitative estimate of drug-likeness (QED) is 0.723. The van der Waals surface area contributed by atoms with Crippen LogP contribution in [0.1, 0.15) is 66.4 Å². The lowest BCUT2D eigenvalue weighted by Crippen LogP contribution is -2.65. The SMILES string of the molecule is C[C@]1(C(=O)NC2CCCC2)Cn2cnc(C(=O)Nc3cccc(Cl)c3)c2C(=O)N1C1CC1. The lowest BCUT2D eigenvalue weighted by atomic mass is 9.93. The number of hydrogen-bond donors (Lipinski definition) is 2. The molecule has 1 aliphatic heterocycles. The normalized spacial score (nSPS) is 23.2. The average molecular weight is 456 g/mol. The van der Waals surface area contributed by atoms with E-state index in [0.29, 0.717) is 10.7 Å². The monoisotopic (exact) mass is 455 g/mol. The number of rotatable bonds is 5. The van der Waals surface area contributed by atoms with Crippen LogP contribution in [0.2, 0.25) is 5.02 Å². The molecule has 5 rings (SSSR count). The first-order chi connectivity index (χ1) is 15.4. The number of nitrogens with one attached hydrogen (secondary N) is 2. The van der Waals surface area contributed by atoms with Gasteiger partial charge in [-0.3, -0.25) is 14.4 Å². The van der Waals surface area contributed by atoms with Crippen LogP contribution in [-0.2, 0) is 11.3 Å². The van der Waals surface area contributed by atoms with Gasteiger partial charge >= 0.3 is 0 Å². The summed E-state index contributed by atoms with van der Waals surface area (Å²) in [5, 5.41) is 6.42. The molecule has 2 aromatic rings. The molecule has 9 heteroatoms. The summed E-state index contributed by atoms with van der Waals surface area (Å²) in [4.78, 5) is 45.9. The van der Waals surface area contributed by atoms with Crippen molar-refractivity contribution in [3.63, 3.8) is 0 Å². The molecule has 1 aromatic carbocycles. The molecule has 2 N–H and O–H groups in total. The molecular formula is C23H26ClN5O3. The molecule has 3 aliphatic rings. The van der Waals surface area contributed by atoms with E-state index in [2.05, 4.69) is 15.6 Å². The van der Waals surface area contributed by atoms with Gasteiger partial charge in [-0.15, -0.1) is 0 Å². The van der Waals surface area contributed by atoms with Crippen LogP contribution in [0.15, 0.2) is 30.6 Å². The Kier molecular flexibility index (Phi) is 5.20. The molecule has 8 nitrogen and oxygen atoms in total. The fourth-order valence-corrected chi connectivity index (χ4v) is 5.08. The second kappa shape index (κ2) is 7.92. The van der Waals surface area contributed by atoms with Gasteiger partial charge in [-0.05, 0) is 50.8 Å². The van der Waals surface area contributed by atoms with E-state index in [0.717, 1.165) is 38.5 Å². The van der Waals surface area contributed by atoms with Gasteiger partial charge in [-0.2, -0.15) is 0 Å². The number of imidazole rings is 1. The highest BCUT2D eigenvalue weighted by atomic mass is 35.5. The highest BCUT2D eigenvalue weighted by Crippen LogP contribution is 2.39. The number of nitrogens with zero attached hydrogens (tertiary/aromatic N) is 3. The molecule has 0 unspecified atom stereocenters. The maximum atomic E-state index is 13.6. The van der Waals surface area contributed by atoms with Gasteiger partial charge in [-0.25, -0.2) is 4.98 Å². The first kappa shape index (κ1) is 21.0. The zero-order chi connectivity index (χ0) is 22.5. The Morgan fingerprint density at radius 2 is 1.94 bits per heavy atom. The van der Waals surface area contributed by atoms with Crippen LogP contribution in [0, 0.1) is 0 Å². The number of carbonyl (C=O) groups is 3. The van der Waals surface area contributed by atoms with Gasteiger partial charge in [0.15, 0.2) is 5.69 Å². The molecule has 1 aromatic heterocycles. The number of anilines is 1. The Morgan fingerprint density at radius 3 is 2.62 bits per heavy atom. The van der Waals surface area contributed by atoms with E-state index < -0.39 is 11.4 Å². The van der Waals surface area contributed by atoms with Crippen LogP contribution in [0.5, 0.6) is 0 Å². The lowest BCUT2D eigenvalue weighted by Gasteiger charge is -2.44. The summed E-state index contributed by atoms with van der Waals surface area (Å²) < 4.78 is 1.64. The Hall–Kier alpha value is -2.87. The third-order valence-electron chi connectivity index (χ3n) is 6.66. The number of fused-ring (bicyclic) bond motifs is 1. The van der Waals surface area contributed by atoms with Gasteiger partial charge in [-0.1, -0.05) is 30.5 Å². The predicted octanol–water partition coefficient (Wildman–Crippen LogP) is 3.22. The summed E-state index contributed by atoms with van der Waals surface area (Å²) in [5.41, 5.74) is -0.219. The van der Waals surface area contributed by atoms with Crippen molar-refractivity contribution in [2.24, 2.45) is 0 Å². The van der Waals surface area contributed by atoms with Crippen molar-refractivity contribution in [3.05, 3.63) is 47.0 Å². The molecule has 0 saturated heterocycles. The number of benzene rings is 1. The summed E-state index contributed by atoms with van der Waals surface area (Å²) in [6.45, 7) is 2.09. The van der Waals surface area contributed by atoms with Crippen LogP contribution in [0.25, 0.3) is 0 Å². The molecule has 2 fully saturated rings. The molecular weight excluding hydrogens is 430 g/mol. The zero-order valence-electron chi connectivity index (χ0n) is 17.9. The third kappa shape index (κ3) is 3.66. The molecule has 2 aliphatic carbocycles. The Balaban J connectivity index is 1.44. The molecule has 2 saturated carbocycles. The van der Waals surface area contributed by atoms with E-state index in [1.807, 2.05) is 6.92 Å². The number of hydrogen-bond acceptors (Lipinski definition) is 4. The largest absolute Gasteiger partial charge is 0.351 e. The van der Waals surface area contributed by atoms with E-state index in [-0.39, 0.29) is 41.8 Å². The number of carbonyl (C=O) groups excluding carboxylic acids is 3. The van der Waals surface area contributed by atoms with Crippen molar-refractivity contribution >= 4 is 35.0 Å². The summed E-state index contributed by atoms with van der Waals surface area (Å²) >= 11 is 6.00. The van der Waals surface area contributed by atoms with Gasteiger partial charge in [0.25, 0.3) is 11.8 Å². The minimum Gasteiger partial charge on any atom is -0.351 e. The van der Waals surface area contributed by atoms with Gasteiger partial charge in [0.2, 0.25) is 5.91 Å². The van der Waals surface area contributed by atoms with Crippen molar-refractivity contribution in [1.29, 1.82) is 0 Å². The van der Waals surface area contributed by atoms with Crippen molar-refractivity contribution < 1.29 is 14.4 Å². The van der Waals surface area contributed by atoms with Crippen molar-refractivity contribution in [2.45, 2.75) is 69.6 Å². The van der Waals surface area contributed by atoms with Crippen LogP contribution < -0.4 is 10.6 Å². The van der Waals surface area contributed by atoms with Crippen LogP contribution in [0.4, 0.5) is 5.69 Å². The molecule has 32 heavy (non-hydrogen) atoms. The lowest BCUT2D eigenvalue weighted by molar-refractivity contribution is -0.134. The molecule has 3 amide bonds.